The highest BCUT2D eigenvalue weighted by Gasteiger charge is 2.31. The van der Waals surface area contributed by atoms with Crippen LogP contribution in [0.25, 0.3) is 0 Å². The van der Waals surface area contributed by atoms with Crippen molar-refractivity contribution < 1.29 is 14.3 Å². The molecule has 3 unspecified atom stereocenters. The Bertz CT molecular complexity index is 352. The third-order valence-corrected chi connectivity index (χ3v) is 3.38. The number of carbonyl (C=O) groups is 1. The Morgan fingerprint density at radius 2 is 2.19 bits per heavy atom. The summed E-state index contributed by atoms with van der Waals surface area (Å²) in [5, 5.41) is 3.43. The number of amides is 1. The topological polar surface area (TPSA) is 50.8 Å². The number of hydrogen-bond acceptors (Lipinski definition) is 4. The Hall–Kier alpha value is -1.07. The van der Waals surface area contributed by atoms with Crippen LogP contribution in [0.1, 0.15) is 41.0 Å². The maximum atomic E-state index is 12.3. The molecule has 0 radical (unpaired) electrons. The quantitative estimate of drug-likeness (QED) is 0.793. The number of hydrogen-bond donors (Lipinski definition) is 1. The summed E-state index contributed by atoms with van der Waals surface area (Å²) in [7, 11) is 0. The molecule has 21 heavy (non-hydrogen) atoms. The third-order valence-electron chi connectivity index (χ3n) is 3.38. The van der Waals surface area contributed by atoms with Crippen LogP contribution in [0.4, 0.5) is 4.79 Å². The van der Waals surface area contributed by atoms with Crippen molar-refractivity contribution in [2.24, 2.45) is 0 Å². The minimum absolute atomic E-state index is 0.0492. The predicted molar refractivity (Wildman–Crippen MR) is 84.4 cm³/mol. The monoisotopic (exact) mass is 298 g/mol. The van der Waals surface area contributed by atoms with Crippen molar-refractivity contribution in [3.63, 3.8) is 0 Å². The fourth-order valence-corrected chi connectivity index (χ4v) is 2.40. The number of nitrogens with zero attached hydrogens (tertiary/aromatic N) is 1. The van der Waals surface area contributed by atoms with Crippen LogP contribution in [-0.2, 0) is 9.47 Å². The zero-order valence-corrected chi connectivity index (χ0v) is 14.0. The first kappa shape index (κ1) is 18.0. The molecule has 5 nitrogen and oxygen atoms in total. The highest BCUT2D eigenvalue weighted by atomic mass is 16.6. The molecular weight excluding hydrogens is 268 g/mol. The van der Waals surface area contributed by atoms with E-state index in [0.29, 0.717) is 19.8 Å². The summed E-state index contributed by atoms with van der Waals surface area (Å²) in [5.41, 5.74) is -0.471. The van der Waals surface area contributed by atoms with E-state index in [0.717, 1.165) is 6.42 Å². The Kier molecular flexibility index (Phi) is 6.68. The molecule has 1 heterocycles. The molecule has 0 spiro atoms. The van der Waals surface area contributed by atoms with Gasteiger partial charge in [0.15, 0.2) is 0 Å². The van der Waals surface area contributed by atoms with Crippen LogP contribution in [0, 0.1) is 0 Å². The standard InChI is InChI=1S/C16H30N2O3/c1-7-12(2)17-13(3)10-14-11-20-9-8-18(14)15(19)21-16(4,5)6/h7,12-14,17H,1,8-11H2,2-6H3. The van der Waals surface area contributed by atoms with Gasteiger partial charge >= 0.3 is 6.09 Å². The van der Waals surface area contributed by atoms with Crippen LogP contribution in [0.2, 0.25) is 0 Å². The van der Waals surface area contributed by atoms with Crippen LogP contribution < -0.4 is 5.32 Å². The van der Waals surface area contributed by atoms with Gasteiger partial charge in [-0.2, -0.15) is 0 Å². The summed E-state index contributed by atoms with van der Waals surface area (Å²) in [6.45, 7) is 15.3. The van der Waals surface area contributed by atoms with Gasteiger partial charge in [0.05, 0.1) is 19.3 Å². The molecule has 0 bridgehead atoms. The summed E-state index contributed by atoms with van der Waals surface area (Å²) in [4.78, 5) is 14.1. The lowest BCUT2D eigenvalue weighted by molar-refractivity contribution is -0.0356. The molecule has 1 saturated heterocycles. The number of ether oxygens (including phenoxy) is 2. The molecule has 0 saturated carbocycles. The SMILES string of the molecule is C=CC(C)NC(C)CC1COCCN1C(=O)OC(C)(C)C. The zero-order chi connectivity index (χ0) is 16.0. The molecule has 0 aromatic heterocycles. The molecule has 1 amide bonds. The molecule has 0 aliphatic carbocycles. The molecule has 122 valence electrons. The Balaban J connectivity index is 2.60. The zero-order valence-electron chi connectivity index (χ0n) is 14.0. The molecular formula is C16H30N2O3. The minimum atomic E-state index is -0.471. The van der Waals surface area contributed by atoms with Crippen molar-refractivity contribution in [1.82, 2.24) is 10.2 Å². The van der Waals surface area contributed by atoms with Crippen LogP contribution in [0.15, 0.2) is 12.7 Å². The summed E-state index contributed by atoms with van der Waals surface area (Å²) in [6, 6.07) is 0.572. The summed E-state index contributed by atoms with van der Waals surface area (Å²) >= 11 is 0. The van der Waals surface area contributed by atoms with Crippen molar-refractivity contribution >= 4 is 6.09 Å². The van der Waals surface area contributed by atoms with Gasteiger partial charge in [0, 0.05) is 18.6 Å². The van der Waals surface area contributed by atoms with E-state index in [2.05, 4.69) is 25.7 Å². The summed E-state index contributed by atoms with van der Waals surface area (Å²) in [5.74, 6) is 0. The lowest BCUT2D eigenvalue weighted by Crippen LogP contribution is -2.52. The molecule has 0 aromatic rings. The Morgan fingerprint density at radius 1 is 1.52 bits per heavy atom. The molecule has 0 aromatic carbocycles. The lowest BCUT2D eigenvalue weighted by atomic mass is 10.1. The summed E-state index contributed by atoms with van der Waals surface area (Å²) < 4.78 is 11.0. The van der Waals surface area contributed by atoms with E-state index < -0.39 is 5.60 Å². The second-order valence-electron chi connectivity index (χ2n) is 6.73. The fraction of sp³-hybridized carbons (Fsp3) is 0.812. The fourth-order valence-electron chi connectivity index (χ4n) is 2.40. The van der Waals surface area contributed by atoms with Gasteiger partial charge in [0.2, 0.25) is 0 Å². The molecule has 5 heteroatoms. The predicted octanol–water partition coefficient (Wildman–Crippen LogP) is 2.57. The normalized spacial score (nSPS) is 22.5. The van der Waals surface area contributed by atoms with Crippen molar-refractivity contribution in [3.05, 3.63) is 12.7 Å². The van der Waals surface area contributed by atoms with Crippen molar-refractivity contribution in [2.45, 2.75) is 64.8 Å². The second-order valence-corrected chi connectivity index (χ2v) is 6.73. The minimum Gasteiger partial charge on any atom is -0.444 e. The van der Waals surface area contributed by atoms with Gasteiger partial charge in [-0.25, -0.2) is 4.79 Å². The van der Waals surface area contributed by atoms with Gasteiger partial charge in [-0.1, -0.05) is 6.08 Å². The number of morpholine rings is 1. The van der Waals surface area contributed by atoms with E-state index in [1.54, 1.807) is 4.90 Å². The molecule has 1 N–H and O–H groups in total. The smallest absolute Gasteiger partial charge is 0.410 e. The van der Waals surface area contributed by atoms with E-state index in [9.17, 15) is 4.79 Å². The van der Waals surface area contributed by atoms with E-state index in [4.69, 9.17) is 9.47 Å². The van der Waals surface area contributed by atoms with Crippen molar-refractivity contribution in [2.75, 3.05) is 19.8 Å². The highest BCUT2D eigenvalue weighted by Crippen LogP contribution is 2.17. The van der Waals surface area contributed by atoms with Crippen LogP contribution in [0.3, 0.4) is 0 Å². The van der Waals surface area contributed by atoms with Crippen LogP contribution in [-0.4, -0.2) is 54.5 Å². The van der Waals surface area contributed by atoms with E-state index in [-0.39, 0.29) is 24.2 Å². The molecule has 1 aliphatic rings. The molecule has 1 rings (SSSR count). The number of rotatable bonds is 5. The first-order valence-corrected chi connectivity index (χ1v) is 7.69. The largest absolute Gasteiger partial charge is 0.444 e. The van der Waals surface area contributed by atoms with Gasteiger partial charge in [0.1, 0.15) is 5.60 Å². The highest BCUT2D eigenvalue weighted by molar-refractivity contribution is 5.68. The Morgan fingerprint density at radius 3 is 2.76 bits per heavy atom. The number of carbonyl (C=O) groups excluding carboxylic acids is 1. The lowest BCUT2D eigenvalue weighted by Gasteiger charge is -2.38. The van der Waals surface area contributed by atoms with Crippen LogP contribution in [0.5, 0.6) is 0 Å². The second kappa shape index (κ2) is 7.80. The average Bonchev–Trinajstić information content (AvgIpc) is 2.36. The third kappa shape index (κ3) is 6.48. The van der Waals surface area contributed by atoms with Crippen LogP contribution >= 0.6 is 0 Å². The first-order valence-electron chi connectivity index (χ1n) is 7.69. The van der Waals surface area contributed by atoms with E-state index >= 15 is 0 Å². The maximum Gasteiger partial charge on any atom is 0.410 e. The Labute approximate surface area is 128 Å². The molecule has 3 atom stereocenters. The van der Waals surface area contributed by atoms with Gasteiger partial charge in [-0.3, -0.25) is 0 Å². The maximum absolute atomic E-state index is 12.3. The van der Waals surface area contributed by atoms with Crippen molar-refractivity contribution in [3.8, 4) is 0 Å². The van der Waals surface area contributed by atoms with E-state index in [1.165, 1.54) is 0 Å². The van der Waals surface area contributed by atoms with Gasteiger partial charge in [-0.05, 0) is 41.0 Å². The average molecular weight is 298 g/mol. The van der Waals surface area contributed by atoms with Crippen molar-refractivity contribution in [1.29, 1.82) is 0 Å². The first-order chi connectivity index (χ1) is 9.73. The van der Waals surface area contributed by atoms with Gasteiger partial charge in [-0.15, -0.1) is 6.58 Å². The number of nitrogens with one attached hydrogen (secondary N) is 1. The van der Waals surface area contributed by atoms with Gasteiger partial charge in [0.25, 0.3) is 0 Å². The molecule has 1 fully saturated rings. The van der Waals surface area contributed by atoms with E-state index in [1.807, 2.05) is 26.8 Å². The van der Waals surface area contributed by atoms with Gasteiger partial charge < -0.3 is 19.7 Å². The summed E-state index contributed by atoms with van der Waals surface area (Å²) in [6.07, 6.45) is 2.46. The molecule has 1 aliphatic heterocycles.